The highest BCUT2D eigenvalue weighted by Crippen LogP contribution is 2.31. The van der Waals surface area contributed by atoms with Crippen LogP contribution in [0.15, 0.2) is 38.6 Å². The van der Waals surface area contributed by atoms with E-state index in [9.17, 15) is 4.79 Å². The van der Waals surface area contributed by atoms with E-state index in [1.807, 2.05) is 23.6 Å². The molecule has 2 rings (SSSR count). The topological polar surface area (TPSA) is 38.3 Å². The largest absolute Gasteiger partial charge is 0.464 e. The molecule has 0 aliphatic carbocycles. The van der Waals surface area contributed by atoms with Gasteiger partial charge in [-0.1, -0.05) is 11.6 Å². The van der Waals surface area contributed by atoms with Gasteiger partial charge in [0, 0.05) is 24.9 Å². The second-order valence-corrected chi connectivity index (χ2v) is 7.25. The van der Waals surface area contributed by atoms with Gasteiger partial charge >= 0.3 is 5.97 Å². The Bertz CT molecular complexity index is 648. The maximum Gasteiger partial charge on any atom is 0.334 e. The van der Waals surface area contributed by atoms with E-state index >= 15 is 0 Å². The Morgan fingerprint density at radius 1 is 1.43 bits per heavy atom. The normalized spacial score (nSPS) is 12.0. The minimum Gasteiger partial charge on any atom is -0.464 e. The monoisotopic (exact) mass is 451 g/mol. The number of thiophene rings is 1. The first-order chi connectivity index (χ1) is 10.0. The number of anilines is 1. The van der Waals surface area contributed by atoms with E-state index in [-0.39, 0.29) is 5.97 Å². The van der Waals surface area contributed by atoms with Crippen molar-refractivity contribution in [2.45, 2.75) is 13.0 Å². The lowest BCUT2D eigenvalue weighted by Gasteiger charge is -2.17. The third-order valence-electron chi connectivity index (χ3n) is 2.63. The molecule has 0 amide bonds. The van der Waals surface area contributed by atoms with E-state index in [1.165, 1.54) is 11.3 Å². The van der Waals surface area contributed by atoms with Crippen molar-refractivity contribution in [2.24, 2.45) is 0 Å². The Balaban J connectivity index is 2.27. The first kappa shape index (κ1) is 16.8. The average molecular weight is 454 g/mol. The molecule has 0 saturated heterocycles. The zero-order chi connectivity index (χ0) is 15.4. The molecule has 0 spiro atoms. The van der Waals surface area contributed by atoms with E-state index in [1.54, 1.807) is 13.0 Å². The van der Waals surface area contributed by atoms with E-state index in [0.29, 0.717) is 11.6 Å². The number of rotatable bonds is 5. The Morgan fingerprint density at radius 3 is 2.76 bits per heavy atom. The summed E-state index contributed by atoms with van der Waals surface area (Å²) in [6.07, 6.45) is 0. The first-order valence-corrected chi connectivity index (χ1v) is 8.97. The number of carbonyl (C=O) groups is 1. The van der Waals surface area contributed by atoms with Gasteiger partial charge in [0.25, 0.3) is 0 Å². The van der Waals surface area contributed by atoms with Gasteiger partial charge in [-0.25, -0.2) is 4.79 Å². The molecule has 3 nitrogen and oxygen atoms in total. The fourth-order valence-electron chi connectivity index (χ4n) is 1.70. The Labute approximate surface area is 148 Å². The van der Waals surface area contributed by atoms with Crippen LogP contribution >= 0.6 is 54.8 Å². The van der Waals surface area contributed by atoms with Gasteiger partial charge in [-0.05, 0) is 63.0 Å². The summed E-state index contributed by atoms with van der Waals surface area (Å²) in [5.41, 5.74) is 0.786. The first-order valence-electron chi connectivity index (χ1n) is 6.13. The quantitative estimate of drug-likeness (QED) is 0.595. The Morgan fingerprint density at radius 2 is 2.19 bits per heavy atom. The molecule has 1 N–H and O–H groups in total. The van der Waals surface area contributed by atoms with Gasteiger partial charge in [0.15, 0.2) is 6.04 Å². The van der Waals surface area contributed by atoms with Crippen molar-refractivity contribution in [3.05, 3.63) is 48.5 Å². The number of carbonyl (C=O) groups excluding carboxylic acids is 1. The molecule has 1 unspecified atom stereocenters. The average Bonchev–Trinajstić information content (AvgIpc) is 2.86. The summed E-state index contributed by atoms with van der Waals surface area (Å²) in [5.74, 6) is -0.307. The number of nitrogens with one attached hydrogen (secondary N) is 1. The minimum atomic E-state index is -0.547. The van der Waals surface area contributed by atoms with Crippen LogP contribution in [0, 0.1) is 0 Å². The van der Waals surface area contributed by atoms with Crippen molar-refractivity contribution in [1.82, 2.24) is 0 Å². The van der Waals surface area contributed by atoms with Crippen molar-refractivity contribution >= 4 is 66.5 Å². The molecule has 2 aromatic rings. The maximum absolute atomic E-state index is 12.2. The molecule has 1 aromatic carbocycles. The number of benzene rings is 1. The number of hydrogen-bond acceptors (Lipinski definition) is 4. The highest BCUT2D eigenvalue weighted by atomic mass is 79.9. The Kier molecular flexibility index (Phi) is 6.10. The summed E-state index contributed by atoms with van der Waals surface area (Å²) >= 11 is 14.2. The number of ether oxygens (including phenoxy) is 1. The highest BCUT2D eigenvalue weighted by molar-refractivity contribution is 9.10. The molecule has 0 bridgehead atoms. The highest BCUT2D eigenvalue weighted by Gasteiger charge is 2.23. The van der Waals surface area contributed by atoms with Crippen LogP contribution in [0.2, 0.25) is 5.02 Å². The van der Waals surface area contributed by atoms with Crippen LogP contribution in [-0.4, -0.2) is 12.6 Å². The summed E-state index contributed by atoms with van der Waals surface area (Å²) in [5, 5.41) is 5.74. The van der Waals surface area contributed by atoms with E-state index in [2.05, 4.69) is 37.2 Å². The van der Waals surface area contributed by atoms with Gasteiger partial charge < -0.3 is 10.1 Å². The lowest BCUT2D eigenvalue weighted by Crippen LogP contribution is -2.22. The summed E-state index contributed by atoms with van der Waals surface area (Å²) in [7, 11) is 0. The van der Waals surface area contributed by atoms with Gasteiger partial charge in [-0.2, -0.15) is 0 Å². The predicted octanol–water partition coefficient (Wildman–Crippen LogP) is 5.64. The smallest absolute Gasteiger partial charge is 0.334 e. The molecule has 7 heteroatoms. The maximum atomic E-state index is 12.2. The SMILES string of the molecule is CCOC(=O)C(Nc1ccc(Cl)c(Br)c1)c1cc(Br)cs1. The second-order valence-electron chi connectivity index (χ2n) is 4.13. The van der Waals surface area contributed by atoms with Crippen LogP contribution in [0.1, 0.15) is 17.8 Å². The third kappa shape index (κ3) is 4.45. The van der Waals surface area contributed by atoms with Gasteiger partial charge in [0.05, 0.1) is 11.6 Å². The van der Waals surface area contributed by atoms with Crippen molar-refractivity contribution < 1.29 is 9.53 Å². The summed E-state index contributed by atoms with van der Waals surface area (Å²) in [4.78, 5) is 13.1. The van der Waals surface area contributed by atoms with Crippen molar-refractivity contribution in [3.8, 4) is 0 Å². The third-order valence-corrected chi connectivity index (χ3v) is 5.60. The summed E-state index contributed by atoms with van der Waals surface area (Å²) in [6.45, 7) is 2.13. The molecule has 21 heavy (non-hydrogen) atoms. The fraction of sp³-hybridized carbons (Fsp3) is 0.214. The molecule has 0 aliphatic rings. The van der Waals surface area contributed by atoms with E-state index < -0.39 is 6.04 Å². The second kappa shape index (κ2) is 7.63. The fourth-order valence-corrected chi connectivity index (χ4v) is 3.68. The van der Waals surface area contributed by atoms with Crippen LogP contribution in [0.25, 0.3) is 0 Å². The van der Waals surface area contributed by atoms with E-state index in [0.717, 1.165) is 19.5 Å². The Hall–Kier alpha value is -0.560. The van der Waals surface area contributed by atoms with Gasteiger partial charge in [-0.15, -0.1) is 11.3 Å². The van der Waals surface area contributed by atoms with Gasteiger partial charge in [0.2, 0.25) is 0 Å². The number of esters is 1. The molecular formula is C14H12Br2ClNO2S. The molecule has 0 aliphatic heterocycles. The number of hydrogen-bond donors (Lipinski definition) is 1. The van der Waals surface area contributed by atoms with Crippen LogP contribution in [0.3, 0.4) is 0 Å². The van der Waals surface area contributed by atoms with E-state index in [4.69, 9.17) is 16.3 Å². The lowest BCUT2D eigenvalue weighted by molar-refractivity contribution is -0.144. The summed E-state index contributed by atoms with van der Waals surface area (Å²) < 4.78 is 6.85. The zero-order valence-electron chi connectivity index (χ0n) is 11.0. The van der Waals surface area contributed by atoms with Crippen molar-refractivity contribution in [3.63, 3.8) is 0 Å². The van der Waals surface area contributed by atoms with Crippen LogP contribution in [0.5, 0.6) is 0 Å². The molecular weight excluding hydrogens is 441 g/mol. The van der Waals surface area contributed by atoms with Crippen LogP contribution in [-0.2, 0) is 9.53 Å². The molecule has 1 heterocycles. The molecule has 1 atom stereocenters. The summed E-state index contributed by atoms with van der Waals surface area (Å²) in [6, 6.07) is 6.78. The predicted molar refractivity (Wildman–Crippen MR) is 94.2 cm³/mol. The van der Waals surface area contributed by atoms with Crippen molar-refractivity contribution in [1.29, 1.82) is 0 Å². The van der Waals surface area contributed by atoms with Crippen LogP contribution < -0.4 is 5.32 Å². The molecule has 0 saturated carbocycles. The van der Waals surface area contributed by atoms with Crippen molar-refractivity contribution in [2.75, 3.05) is 11.9 Å². The number of halogens is 3. The van der Waals surface area contributed by atoms with Gasteiger partial charge in [-0.3, -0.25) is 0 Å². The van der Waals surface area contributed by atoms with Crippen LogP contribution in [0.4, 0.5) is 5.69 Å². The molecule has 0 fully saturated rings. The molecule has 1 aromatic heterocycles. The molecule has 112 valence electrons. The minimum absolute atomic E-state index is 0.307. The lowest BCUT2D eigenvalue weighted by atomic mass is 10.2. The molecule has 0 radical (unpaired) electrons. The zero-order valence-corrected chi connectivity index (χ0v) is 15.8. The van der Waals surface area contributed by atoms with Gasteiger partial charge in [0.1, 0.15) is 0 Å². The standard InChI is InChI=1S/C14H12Br2ClNO2S/c1-2-20-14(19)13(12-5-8(15)7-21-12)18-9-3-4-11(17)10(16)6-9/h3-7,13,18H,2H2,1H3.